The molecule has 0 saturated carbocycles. The van der Waals surface area contributed by atoms with E-state index in [2.05, 4.69) is 41.5 Å². The largest absolute Gasteiger partial charge is 0.364 e. The Hall–Kier alpha value is -2.33. The van der Waals surface area contributed by atoms with Crippen LogP contribution in [-0.4, -0.2) is 11.9 Å². The van der Waals surface area contributed by atoms with Crippen molar-refractivity contribution in [3.63, 3.8) is 0 Å². The van der Waals surface area contributed by atoms with Crippen LogP contribution < -0.4 is 16.2 Å². The van der Waals surface area contributed by atoms with Gasteiger partial charge in [-0.3, -0.25) is 10.2 Å². The molecule has 0 radical (unpaired) electrons. The van der Waals surface area contributed by atoms with Gasteiger partial charge in [-0.1, -0.05) is 30.3 Å². The smallest absolute Gasteiger partial charge is 0.265 e. The van der Waals surface area contributed by atoms with Crippen LogP contribution in [0.4, 0.5) is 5.69 Å². The van der Waals surface area contributed by atoms with Crippen molar-refractivity contribution in [2.45, 2.75) is 25.9 Å². The van der Waals surface area contributed by atoms with E-state index in [-0.39, 0.29) is 5.91 Å². The Bertz CT molecular complexity index is 669. The average molecular weight is 281 g/mol. The third-order valence-corrected chi connectivity index (χ3v) is 4.02. The first-order chi connectivity index (χ1) is 10.2. The molecule has 1 unspecified atom stereocenters. The van der Waals surface area contributed by atoms with Gasteiger partial charge in [0.2, 0.25) is 0 Å². The van der Waals surface area contributed by atoms with Gasteiger partial charge in [0.15, 0.2) is 0 Å². The lowest BCUT2D eigenvalue weighted by Gasteiger charge is -2.25. The van der Waals surface area contributed by atoms with Gasteiger partial charge in [-0.15, -0.1) is 0 Å². The van der Waals surface area contributed by atoms with Crippen molar-refractivity contribution in [1.82, 2.24) is 5.43 Å². The number of hydrogen-bond acceptors (Lipinski definition) is 3. The summed E-state index contributed by atoms with van der Waals surface area (Å²) in [6.07, 6.45) is 1.07. The molecule has 0 aliphatic carbocycles. The van der Waals surface area contributed by atoms with E-state index in [0.717, 1.165) is 18.5 Å². The van der Waals surface area contributed by atoms with E-state index in [1.54, 1.807) is 6.07 Å². The van der Waals surface area contributed by atoms with Crippen LogP contribution in [0.3, 0.4) is 0 Å². The number of anilines is 1. The van der Waals surface area contributed by atoms with Crippen molar-refractivity contribution >= 4 is 11.6 Å². The topological polar surface area (TPSA) is 58.4 Å². The van der Waals surface area contributed by atoms with Crippen LogP contribution >= 0.6 is 0 Å². The van der Waals surface area contributed by atoms with Gasteiger partial charge < -0.3 is 4.90 Å². The summed E-state index contributed by atoms with van der Waals surface area (Å²) in [7, 11) is 0. The summed E-state index contributed by atoms with van der Waals surface area (Å²) in [6.45, 7) is 3.03. The lowest BCUT2D eigenvalue weighted by molar-refractivity contribution is 0.0953. The maximum absolute atomic E-state index is 11.6. The second-order valence-corrected chi connectivity index (χ2v) is 5.48. The van der Waals surface area contributed by atoms with E-state index >= 15 is 0 Å². The predicted octanol–water partition coefficient (Wildman–Crippen LogP) is 2.24. The van der Waals surface area contributed by atoms with Crippen molar-refractivity contribution in [2.24, 2.45) is 5.84 Å². The normalized spacial score (nSPS) is 16.7. The molecule has 0 fully saturated rings. The lowest BCUT2D eigenvalue weighted by atomic mass is 10.1. The molecule has 0 saturated heterocycles. The zero-order valence-electron chi connectivity index (χ0n) is 12.0. The molecule has 3 N–H and O–H groups in total. The first kappa shape index (κ1) is 13.6. The highest BCUT2D eigenvalue weighted by Gasteiger charge is 2.25. The Morgan fingerprint density at radius 1 is 1.29 bits per heavy atom. The summed E-state index contributed by atoms with van der Waals surface area (Å²) in [4.78, 5) is 14.0. The van der Waals surface area contributed by atoms with E-state index in [9.17, 15) is 4.79 Å². The Labute approximate surface area is 124 Å². The van der Waals surface area contributed by atoms with Crippen LogP contribution in [0.2, 0.25) is 0 Å². The number of nitrogen functional groups attached to an aromatic ring is 1. The van der Waals surface area contributed by atoms with Crippen LogP contribution in [0, 0.1) is 0 Å². The summed E-state index contributed by atoms with van der Waals surface area (Å²) in [6, 6.07) is 16.6. The number of carbonyl (C=O) groups excluding carboxylic acids is 1. The number of nitrogens with zero attached hydrogens (tertiary/aromatic N) is 1. The fourth-order valence-corrected chi connectivity index (χ4v) is 2.96. The van der Waals surface area contributed by atoms with Crippen LogP contribution in [0.25, 0.3) is 0 Å². The van der Waals surface area contributed by atoms with Gasteiger partial charge in [-0.05, 0) is 42.7 Å². The molecule has 108 valence electrons. The van der Waals surface area contributed by atoms with Gasteiger partial charge in [-0.2, -0.15) is 0 Å². The molecule has 4 heteroatoms. The van der Waals surface area contributed by atoms with E-state index in [1.807, 2.05) is 18.2 Å². The number of fused-ring (bicyclic) bond motifs is 1. The van der Waals surface area contributed by atoms with Crippen molar-refractivity contribution in [1.29, 1.82) is 0 Å². The van der Waals surface area contributed by atoms with E-state index in [4.69, 9.17) is 5.84 Å². The van der Waals surface area contributed by atoms with Crippen LogP contribution in [-0.2, 0) is 13.0 Å². The number of para-hydroxylation sites is 1. The highest BCUT2D eigenvalue weighted by molar-refractivity contribution is 5.93. The predicted molar refractivity (Wildman–Crippen MR) is 83.9 cm³/mol. The molecule has 1 atom stereocenters. The Balaban J connectivity index is 1.86. The van der Waals surface area contributed by atoms with Crippen LogP contribution in [0.15, 0.2) is 48.5 Å². The molecule has 4 nitrogen and oxygen atoms in total. The van der Waals surface area contributed by atoms with E-state index in [1.165, 1.54) is 11.3 Å². The molecule has 1 aliphatic heterocycles. The summed E-state index contributed by atoms with van der Waals surface area (Å²) in [5.41, 5.74) is 6.56. The standard InChI is InChI=1S/C17H19N3O/c1-12-9-14-6-2-3-8-16(14)20(12)11-13-5-4-7-15(10-13)17(21)19-18/h2-8,10,12H,9,11,18H2,1H3,(H,19,21). The average Bonchev–Trinajstić information content (AvgIpc) is 2.83. The molecule has 3 rings (SSSR count). The maximum atomic E-state index is 11.6. The Morgan fingerprint density at radius 2 is 2.10 bits per heavy atom. The minimum Gasteiger partial charge on any atom is -0.364 e. The van der Waals surface area contributed by atoms with Crippen molar-refractivity contribution in [3.05, 3.63) is 65.2 Å². The number of hydrogen-bond donors (Lipinski definition) is 2. The van der Waals surface area contributed by atoms with Gasteiger partial charge in [0.1, 0.15) is 0 Å². The highest BCUT2D eigenvalue weighted by atomic mass is 16.2. The number of hydrazine groups is 1. The molecule has 2 aromatic rings. The number of amides is 1. The molecular formula is C17H19N3O. The third kappa shape index (κ3) is 2.62. The van der Waals surface area contributed by atoms with Crippen molar-refractivity contribution in [2.75, 3.05) is 4.90 Å². The quantitative estimate of drug-likeness (QED) is 0.515. The van der Waals surface area contributed by atoms with Gasteiger partial charge >= 0.3 is 0 Å². The number of carbonyl (C=O) groups is 1. The molecular weight excluding hydrogens is 262 g/mol. The first-order valence-electron chi connectivity index (χ1n) is 7.13. The molecule has 1 heterocycles. The van der Waals surface area contributed by atoms with Crippen molar-refractivity contribution < 1.29 is 4.79 Å². The fraction of sp³-hybridized carbons (Fsp3) is 0.235. The summed E-state index contributed by atoms with van der Waals surface area (Å²) < 4.78 is 0. The minimum atomic E-state index is -0.258. The number of benzene rings is 2. The maximum Gasteiger partial charge on any atom is 0.265 e. The molecule has 21 heavy (non-hydrogen) atoms. The first-order valence-corrected chi connectivity index (χ1v) is 7.13. The highest BCUT2D eigenvalue weighted by Crippen LogP contribution is 2.33. The SMILES string of the molecule is CC1Cc2ccccc2N1Cc1cccc(C(=O)NN)c1. The second-order valence-electron chi connectivity index (χ2n) is 5.48. The van der Waals surface area contributed by atoms with E-state index < -0.39 is 0 Å². The molecule has 2 aromatic carbocycles. The van der Waals surface area contributed by atoms with Crippen molar-refractivity contribution in [3.8, 4) is 0 Å². The Morgan fingerprint density at radius 3 is 2.90 bits per heavy atom. The molecule has 0 spiro atoms. The van der Waals surface area contributed by atoms with Gasteiger partial charge in [-0.25, -0.2) is 5.84 Å². The molecule has 0 aromatic heterocycles. The van der Waals surface area contributed by atoms with Gasteiger partial charge in [0.05, 0.1) is 0 Å². The lowest BCUT2D eigenvalue weighted by Crippen LogP contribution is -2.31. The third-order valence-electron chi connectivity index (χ3n) is 4.02. The Kier molecular flexibility index (Phi) is 3.62. The second kappa shape index (κ2) is 5.58. The monoisotopic (exact) mass is 281 g/mol. The molecule has 1 aliphatic rings. The minimum absolute atomic E-state index is 0.258. The van der Waals surface area contributed by atoms with Crippen LogP contribution in [0.5, 0.6) is 0 Å². The molecule has 0 bridgehead atoms. The summed E-state index contributed by atoms with van der Waals surface area (Å²) in [5.74, 6) is 4.94. The van der Waals surface area contributed by atoms with E-state index in [0.29, 0.717) is 11.6 Å². The molecule has 1 amide bonds. The van der Waals surface area contributed by atoms with Gasteiger partial charge in [0, 0.05) is 23.8 Å². The number of nitrogens with one attached hydrogen (secondary N) is 1. The zero-order chi connectivity index (χ0) is 14.8. The summed E-state index contributed by atoms with van der Waals surface area (Å²) in [5, 5.41) is 0. The fourth-order valence-electron chi connectivity index (χ4n) is 2.96. The van der Waals surface area contributed by atoms with Gasteiger partial charge in [0.25, 0.3) is 5.91 Å². The number of nitrogens with two attached hydrogens (primary N) is 1. The zero-order valence-corrected chi connectivity index (χ0v) is 12.0. The van der Waals surface area contributed by atoms with Crippen LogP contribution in [0.1, 0.15) is 28.4 Å². The summed E-state index contributed by atoms with van der Waals surface area (Å²) >= 11 is 0. The number of rotatable bonds is 3.